The Morgan fingerprint density at radius 1 is 0.773 bits per heavy atom. The van der Waals surface area contributed by atoms with Gasteiger partial charge in [0.2, 0.25) is 11.6 Å². The molecule has 0 unspecified atom stereocenters. The summed E-state index contributed by atoms with van der Waals surface area (Å²) < 4.78 is 0. The number of Topliss-reactive ketones (excluding diaryl/α,β-unsaturated/α-hetero) is 2. The zero-order valence-corrected chi connectivity index (χ0v) is 13.7. The van der Waals surface area contributed by atoms with Crippen molar-refractivity contribution < 1.29 is 9.59 Å². The summed E-state index contributed by atoms with van der Waals surface area (Å²) >= 11 is 2.86. The van der Waals surface area contributed by atoms with Gasteiger partial charge in [-0.2, -0.15) is 0 Å². The molecule has 0 amide bonds. The Kier molecular flexibility index (Phi) is 3.06. The predicted molar refractivity (Wildman–Crippen MR) is 89.8 cm³/mol. The Balaban J connectivity index is 1.88. The molecule has 0 atom stereocenters. The Bertz CT molecular complexity index is 894. The molecule has 0 saturated carbocycles. The lowest BCUT2D eigenvalue weighted by molar-refractivity contribution is 0.101. The van der Waals surface area contributed by atoms with Crippen molar-refractivity contribution in [1.82, 2.24) is 0 Å². The van der Waals surface area contributed by atoms with E-state index in [2.05, 4.69) is 0 Å². The van der Waals surface area contributed by atoms with E-state index in [4.69, 9.17) is 0 Å². The topological polar surface area (TPSA) is 34.1 Å². The van der Waals surface area contributed by atoms with Crippen LogP contribution in [0.2, 0.25) is 0 Å². The van der Waals surface area contributed by atoms with Gasteiger partial charge in [-0.1, -0.05) is 47.8 Å². The first-order chi connectivity index (χ1) is 10.6. The summed E-state index contributed by atoms with van der Waals surface area (Å²) in [6.07, 6.45) is 0. The molecule has 4 heteroatoms. The molecule has 0 saturated heterocycles. The molecule has 0 radical (unpaired) electrons. The third-order valence-electron chi connectivity index (χ3n) is 3.96. The molecule has 0 spiro atoms. The van der Waals surface area contributed by atoms with Gasteiger partial charge in [0.15, 0.2) is 0 Å². The number of allylic oxidation sites excluding steroid dienone is 2. The first-order valence-corrected chi connectivity index (χ1v) is 8.60. The van der Waals surface area contributed by atoms with Gasteiger partial charge in [0.05, 0.1) is 9.81 Å². The standard InChI is InChI=1S/C18H12O2S2/c1-9-7-8-10(2)16-13(9)15(20)18(22-16)17-14(19)11-5-3-4-6-12(11)21-17/h3-8H,1-2H3. The second-order valence-corrected chi connectivity index (χ2v) is 7.49. The minimum absolute atomic E-state index is 0.00939. The molecule has 2 heterocycles. The van der Waals surface area contributed by atoms with E-state index in [9.17, 15) is 9.59 Å². The van der Waals surface area contributed by atoms with Crippen molar-refractivity contribution >= 4 is 35.1 Å². The fraction of sp³-hybridized carbons (Fsp3) is 0.111. The van der Waals surface area contributed by atoms with Crippen LogP contribution in [0.4, 0.5) is 0 Å². The monoisotopic (exact) mass is 324 g/mol. The van der Waals surface area contributed by atoms with Gasteiger partial charge in [0, 0.05) is 20.9 Å². The number of ketones is 2. The SMILES string of the molecule is Cc1ccc(C)c2c1SC(=C1Sc3ccccc3C1=O)C2=O. The highest BCUT2D eigenvalue weighted by molar-refractivity contribution is 8.08. The molecule has 108 valence electrons. The highest BCUT2D eigenvalue weighted by atomic mass is 32.2. The highest BCUT2D eigenvalue weighted by Gasteiger charge is 2.37. The zero-order chi connectivity index (χ0) is 15.4. The van der Waals surface area contributed by atoms with Gasteiger partial charge in [-0.25, -0.2) is 0 Å². The summed E-state index contributed by atoms with van der Waals surface area (Å²) in [7, 11) is 0. The molecule has 2 aromatic rings. The quantitative estimate of drug-likeness (QED) is 0.652. The molecule has 2 aliphatic heterocycles. The molecule has 0 aliphatic carbocycles. The average molecular weight is 324 g/mol. The van der Waals surface area contributed by atoms with Gasteiger partial charge in [0.25, 0.3) is 0 Å². The number of aryl methyl sites for hydroxylation is 2. The van der Waals surface area contributed by atoms with Gasteiger partial charge >= 0.3 is 0 Å². The second kappa shape index (κ2) is 4.86. The molecule has 2 aliphatic rings. The van der Waals surface area contributed by atoms with Gasteiger partial charge in [-0.3, -0.25) is 9.59 Å². The number of hydrogen-bond acceptors (Lipinski definition) is 4. The Morgan fingerprint density at radius 3 is 2.18 bits per heavy atom. The van der Waals surface area contributed by atoms with E-state index >= 15 is 0 Å². The van der Waals surface area contributed by atoms with Crippen LogP contribution in [0.25, 0.3) is 0 Å². The molecular formula is C18H12O2S2. The lowest BCUT2D eigenvalue weighted by atomic mass is 10.0. The highest BCUT2D eigenvalue weighted by Crippen LogP contribution is 2.50. The molecule has 0 N–H and O–H groups in total. The third-order valence-corrected chi connectivity index (χ3v) is 6.58. The summed E-state index contributed by atoms with van der Waals surface area (Å²) in [6.45, 7) is 3.95. The molecule has 2 nitrogen and oxygen atoms in total. The summed E-state index contributed by atoms with van der Waals surface area (Å²) in [4.78, 5) is 28.5. The van der Waals surface area contributed by atoms with E-state index in [1.54, 1.807) is 0 Å². The van der Waals surface area contributed by atoms with Crippen LogP contribution < -0.4 is 0 Å². The molecule has 0 fully saturated rings. The van der Waals surface area contributed by atoms with E-state index in [1.807, 2.05) is 50.2 Å². The van der Waals surface area contributed by atoms with Gasteiger partial charge in [0.1, 0.15) is 0 Å². The number of fused-ring (bicyclic) bond motifs is 2. The van der Waals surface area contributed by atoms with E-state index in [0.29, 0.717) is 15.4 Å². The van der Waals surface area contributed by atoms with E-state index in [1.165, 1.54) is 23.5 Å². The largest absolute Gasteiger partial charge is 0.288 e. The number of hydrogen-bond donors (Lipinski definition) is 0. The summed E-state index contributed by atoms with van der Waals surface area (Å²) in [5.74, 6) is -0.0376. The van der Waals surface area contributed by atoms with Crippen LogP contribution in [0, 0.1) is 13.8 Å². The third kappa shape index (κ3) is 1.84. The summed E-state index contributed by atoms with van der Waals surface area (Å²) in [5.41, 5.74) is 3.52. The zero-order valence-electron chi connectivity index (χ0n) is 12.1. The van der Waals surface area contributed by atoms with Crippen molar-refractivity contribution in [2.75, 3.05) is 0 Å². The van der Waals surface area contributed by atoms with Gasteiger partial charge in [-0.15, -0.1) is 0 Å². The first-order valence-electron chi connectivity index (χ1n) is 6.96. The van der Waals surface area contributed by atoms with Crippen LogP contribution >= 0.6 is 23.5 Å². The predicted octanol–water partition coefficient (Wildman–Crippen LogP) is 4.79. The van der Waals surface area contributed by atoms with Crippen molar-refractivity contribution in [2.45, 2.75) is 23.6 Å². The van der Waals surface area contributed by atoms with Crippen LogP contribution in [-0.2, 0) is 0 Å². The fourth-order valence-electron chi connectivity index (χ4n) is 2.78. The van der Waals surface area contributed by atoms with Crippen molar-refractivity contribution in [1.29, 1.82) is 0 Å². The molecule has 0 aromatic heterocycles. The summed E-state index contributed by atoms with van der Waals surface area (Å²) in [6, 6.07) is 11.5. The maximum Gasteiger partial charge on any atom is 0.202 e. The normalized spacial score (nSPS) is 19.5. The molecule has 2 aromatic carbocycles. The Labute approximate surface area is 137 Å². The maximum absolute atomic E-state index is 12.8. The first kappa shape index (κ1) is 13.9. The van der Waals surface area contributed by atoms with Crippen molar-refractivity contribution in [2.24, 2.45) is 0 Å². The Hall–Kier alpha value is -1.78. The number of carbonyl (C=O) groups excluding carboxylic acids is 2. The molecule has 0 bridgehead atoms. The average Bonchev–Trinajstić information content (AvgIpc) is 3.03. The van der Waals surface area contributed by atoms with Crippen LogP contribution in [-0.4, -0.2) is 11.6 Å². The van der Waals surface area contributed by atoms with Crippen LogP contribution in [0.1, 0.15) is 31.8 Å². The number of rotatable bonds is 0. The smallest absolute Gasteiger partial charge is 0.202 e. The van der Waals surface area contributed by atoms with Crippen molar-refractivity contribution in [3.8, 4) is 0 Å². The molecule has 22 heavy (non-hydrogen) atoms. The lowest BCUT2D eigenvalue weighted by Gasteiger charge is -2.03. The van der Waals surface area contributed by atoms with E-state index < -0.39 is 0 Å². The number of thioether (sulfide) groups is 2. The van der Waals surface area contributed by atoms with E-state index in [0.717, 1.165) is 26.5 Å². The van der Waals surface area contributed by atoms with Gasteiger partial charge in [-0.05, 0) is 37.1 Å². The minimum Gasteiger partial charge on any atom is -0.288 e. The number of benzene rings is 2. The van der Waals surface area contributed by atoms with Gasteiger partial charge < -0.3 is 0 Å². The summed E-state index contributed by atoms with van der Waals surface area (Å²) in [5, 5.41) is 0. The lowest BCUT2D eigenvalue weighted by Crippen LogP contribution is -2.03. The minimum atomic E-state index is -0.0282. The number of carbonyl (C=O) groups is 2. The Morgan fingerprint density at radius 2 is 1.45 bits per heavy atom. The molecule has 4 rings (SSSR count). The maximum atomic E-state index is 12.8. The van der Waals surface area contributed by atoms with Crippen LogP contribution in [0.15, 0.2) is 56.0 Å². The van der Waals surface area contributed by atoms with Crippen molar-refractivity contribution in [3.05, 3.63) is 68.5 Å². The molecular weight excluding hydrogens is 312 g/mol. The van der Waals surface area contributed by atoms with Crippen molar-refractivity contribution in [3.63, 3.8) is 0 Å². The van der Waals surface area contributed by atoms with Crippen LogP contribution in [0.5, 0.6) is 0 Å². The second-order valence-electron chi connectivity index (χ2n) is 5.42. The van der Waals surface area contributed by atoms with Crippen LogP contribution in [0.3, 0.4) is 0 Å². The fourth-order valence-corrected chi connectivity index (χ4v) is 5.23. The van der Waals surface area contributed by atoms with E-state index in [-0.39, 0.29) is 11.6 Å².